The SMILES string of the molecule is C=C(N)N=C(C)C(CNC(=O)c1ccnc(Cc2ccc3ncc(Cl)cc3c2)c1)=C(C)C. The van der Waals surface area contributed by atoms with Gasteiger partial charge in [-0.2, -0.15) is 0 Å². The monoisotopic (exact) mass is 447 g/mol. The van der Waals surface area contributed by atoms with Gasteiger partial charge in [0.15, 0.2) is 0 Å². The lowest BCUT2D eigenvalue weighted by Gasteiger charge is -2.12. The Bertz CT molecular complexity index is 1240. The van der Waals surface area contributed by atoms with Crippen LogP contribution in [-0.4, -0.2) is 28.1 Å². The Morgan fingerprint density at radius 3 is 2.66 bits per heavy atom. The van der Waals surface area contributed by atoms with E-state index in [2.05, 4.69) is 26.9 Å². The standard InChI is InChI=1S/C25H26ClN5O/c1-15(2)23(16(3)31-17(4)27)14-30-25(32)19-7-8-28-22(12-19)10-18-5-6-24-20(9-18)11-21(26)13-29-24/h5-9,11-13H,4,10,14,27H2,1-3H3,(H,30,32). The van der Waals surface area contributed by atoms with Crippen molar-refractivity contribution >= 4 is 34.1 Å². The molecule has 0 bridgehead atoms. The van der Waals surface area contributed by atoms with E-state index in [1.54, 1.807) is 24.5 Å². The van der Waals surface area contributed by atoms with Crippen molar-refractivity contribution in [3.8, 4) is 0 Å². The van der Waals surface area contributed by atoms with Gasteiger partial charge in [-0.25, -0.2) is 4.99 Å². The number of carbonyl (C=O) groups is 1. The Balaban J connectivity index is 1.73. The van der Waals surface area contributed by atoms with E-state index >= 15 is 0 Å². The minimum Gasteiger partial charge on any atom is -0.384 e. The number of halogens is 1. The molecular weight excluding hydrogens is 422 g/mol. The lowest BCUT2D eigenvalue weighted by Crippen LogP contribution is -2.28. The zero-order valence-corrected chi connectivity index (χ0v) is 19.2. The number of nitrogens with two attached hydrogens (primary N) is 1. The third-order valence-corrected chi connectivity index (χ3v) is 5.16. The van der Waals surface area contributed by atoms with Crippen molar-refractivity contribution in [3.05, 3.63) is 94.2 Å². The van der Waals surface area contributed by atoms with Gasteiger partial charge in [0.1, 0.15) is 5.82 Å². The molecule has 7 heteroatoms. The number of carbonyl (C=O) groups excluding carboxylic acids is 1. The van der Waals surface area contributed by atoms with Crippen LogP contribution >= 0.6 is 11.6 Å². The summed E-state index contributed by atoms with van der Waals surface area (Å²) in [5.74, 6) is 0.0550. The highest BCUT2D eigenvalue weighted by atomic mass is 35.5. The van der Waals surface area contributed by atoms with Crippen molar-refractivity contribution in [1.82, 2.24) is 15.3 Å². The van der Waals surface area contributed by atoms with E-state index in [4.69, 9.17) is 17.3 Å². The molecule has 0 aliphatic carbocycles. The lowest BCUT2D eigenvalue weighted by molar-refractivity contribution is 0.0957. The van der Waals surface area contributed by atoms with Crippen molar-refractivity contribution in [2.45, 2.75) is 27.2 Å². The molecule has 6 nitrogen and oxygen atoms in total. The molecule has 2 heterocycles. The number of hydrogen-bond acceptors (Lipinski definition) is 5. The largest absolute Gasteiger partial charge is 0.384 e. The van der Waals surface area contributed by atoms with Gasteiger partial charge < -0.3 is 11.1 Å². The van der Waals surface area contributed by atoms with Crippen LogP contribution in [-0.2, 0) is 6.42 Å². The average Bonchev–Trinajstić information content (AvgIpc) is 2.73. The Kier molecular flexibility index (Phi) is 7.38. The van der Waals surface area contributed by atoms with Crippen molar-refractivity contribution in [1.29, 1.82) is 0 Å². The van der Waals surface area contributed by atoms with Gasteiger partial charge in [-0.3, -0.25) is 14.8 Å². The predicted octanol–water partition coefficient (Wildman–Crippen LogP) is 4.83. The second-order valence-electron chi connectivity index (χ2n) is 7.74. The molecule has 1 amide bonds. The maximum atomic E-state index is 12.8. The first kappa shape index (κ1) is 23.2. The molecule has 3 rings (SSSR count). The second kappa shape index (κ2) is 10.2. The molecule has 2 aromatic heterocycles. The summed E-state index contributed by atoms with van der Waals surface area (Å²) < 4.78 is 0. The Morgan fingerprint density at radius 2 is 1.94 bits per heavy atom. The number of rotatable bonds is 7. The molecule has 3 aromatic rings. The lowest BCUT2D eigenvalue weighted by atomic mass is 10.0. The first-order valence-electron chi connectivity index (χ1n) is 10.2. The van der Waals surface area contributed by atoms with E-state index in [1.807, 2.05) is 45.0 Å². The summed E-state index contributed by atoms with van der Waals surface area (Å²) in [6.07, 6.45) is 3.87. The maximum absolute atomic E-state index is 12.8. The fourth-order valence-electron chi connectivity index (χ4n) is 3.41. The smallest absolute Gasteiger partial charge is 0.251 e. The van der Waals surface area contributed by atoms with Gasteiger partial charge in [-0.05, 0) is 62.2 Å². The molecule has 164 valence electrons. The minimum absolute atomic E-state index is 0.179. The summed E-state index contributed by atoms with van der Waals surface area (Å²) in [5, 5.41) is 4.52. The van der Waals surface area contributed by atoms with E-state index in [9.17, 15) is 4.79 Å². The quantitative estimate of drug-likeness (QED) is 0.507. The zero-order chi connectivity index (χ0) is 23.3. The number of fused-ring (bicyclic) bond motifs is 1. The highest BCUT2D eigenvalue weighted by Crippen LogP contribution is 2.20. The van der Waals surface area contributed by atoms with Crippen LogP contribution in [0.15, 0.2) is 77.3 Å². The van der Waals surface area contributed by atoms with Crippen LogP contribution < -0.4 is 11.1 Å². The summed E-state index contributed by atoms with van der Waals surface area (Å²) in [4.78, 5) is 25.7. The molecular formula is C25H26ClN5O. The molecule has 3 N–H and O–H groups in total. The van der Waals surface area contributed by atoms with Gasteiger partial charge in [0, 0.05) is 47.7 Å². The highest BCUT2D eigenvalue weighted by Gasteiger charge is 2.11. The first-order valence-corrected chi connectivity index (χ1v) is 10.5. The minimum atomic E-state index is -0.179. The number of nitrogens with one attached hydrogen (secondary N) is 1. The fraction of sp³-hybridized carbons (Fsp3) is 0.200. The van der Waals surface area contributed by atoms with E-state index < -0.39 is 0 Å². The van der Waals surface area contributed by atoms with E-state index in [0.717, 1.165) is 39.0 Å². The van der Waals surface area contributed by atoms with Gasteiger partial charge in [0.05, 0.1) is 10.5 Å². The summed E-state index contributed by atoms with van der Waals surface area (Å²) >= 11 is 6.06. The van der Waals surface area contributed by atoms with Crippen molar-refractivity contribution in [2.75, 3.05) is 6.54 Å². The molecule has 1 aromatic carbocycles. The zero-order valence-electron chi connectivity index (χ0n) is 18.4. The predicted molar refractivity (Wildman–Crippen MR) is 131 cm³/mol. The average molecular weight is 448 g/mol. The highest BCUT2D eigenvalue weighted by molar-refractivity contribution is 6.31. The van der Waals surface area contributed by atoms with Crippen LogP contribution in [0, 0.1) is 0 Å². The van der Waals surface area contributed by atoms with Crippen LogP contribution in [0.5, 0.6) is 0 Å². The third-order valence-electron chi connectivity index (χ3n) is 4.95. The Hall–Kier alpha value is -3.51. The molecule has 0 aliphatic heterocycles. The van der Waals surface area contributed by atoms with Crippen molar-refractivity contribution in [3.63, 3.8) is 0 Å². The van der Waals surface area contributed by atoms with Gasteiger partial charge in [0.25, 0.3) is 5.91 Å². The van der Waals surface area contributed by atoms with Gasteiger partial charge in [-0.1, -0.05) is 29.8 Å². The number of allylic oxidation sites excluding steroid dienone is 1. The number of benzene rings is 1. The number of pyridine rings is 2. The number of nitrogens with zero attached hydrogens (tertiary/aromatic N) is 3. The summed E-state index contributed by atoms with van der Waals surface area (Å²) in [5.41, 5.74) is 11.6. The molecule has 0 atom stereocenters. The van der Waals surface area contributed by atoms with Crippen molar-refractivity contribution < 1.29 is 4.79 Å². The fourth-order valence-corrected chi connectivity index (χ4v) is 3.58. The topological polar surface area (TPSA) is 93.3 Å². The number of amides is 1. The molecule has 0 radical (unpaired) electrons. The van der Waals surface area contributed by atoms with E-state index in [-0.39, 0.29) is 11.7 Å². The molecule has 0 aliphatic rings. The number of aliphatic imine (C=N–C) groups is 1. The van der Waals surface area contributed by atoms with E-state index in [1.165, 1.54) is 0 Å². The molecule has 0 unspecified atom stereocenters. The Labute approximate surface area is 192 Å². The second-order valence-corrected chi connectivity index (χ2v) is 8.18. The van der Waals surface area contributed by atoms with Crippen molar-refractivity contribution in [2.24, 2.45) is 10.7 Å². The summed E-state index contributed by atoms with van der Waals surface area (Å²) in [6.45, 7) is 9.74. The molecule has 0 spiro atoms. The van der Waals surface area contributed by atoms with Crippen LogP contribution in [0.1, 0.15) is 42.4 Å². The summed E-state index contributed by atoms with van der Waals surface area (Å²) in [7, 11) is 0. The van der Waals surface area contributed by atoms with E-state index in [0.29, 0.717) is 23.6 Å². The van der Waals surface area contributed by atoms with Crippen LogP contribution in [0.2, 0.25) is 5.02 Å². The van der Waals surface area contributed by atoms with Crippen LogP contribution in [0.25, 0.3) is 10.9 Å². The Morgan fingerprint density at radius 1 is 1.16 bits per heavy atom. The molecule has 32 heavy (non-hydrogen) atoms. The van der Waals surface area contributed by atoms with Gasteiger partial charge in [0.2, 0.25) is 0 Å². The molecule has 0 saturated heterocycles. The molecule has 0 fully saturated rings. The first-order chi connectivity index (χ1) is 15.2. The van der Waals surface area contributed by atoms with Crippen LogP contribution in [0.3, 0.4) is 0 Å². The number of hydrogen-bond donors (Lipinski definition) is 2. The van der Waals surface area contributed by atoms with Gasteiger partial charge in [-0.15, -0.1) is 0 Å². The number of aromatic nitrogens is 2. The normalized spacial score (nSPS) is 11.3. The third kappa shape index (κ3) is 6.02. The molecule has 0 saturated carbocycles. The van der Waals surface area contributed by atoms with Gasteiger partial charge >= 0.3 is 0 Å². The van der Waals surface area contributed by atoms with Crippen LogP contribution in [0.4, 0.5) is 0 Å². The maximum Gasteiger partial charge on any atom is 0.251 e. The summed E-state index contributed by atoms with van der Waals surface area (Å²) in [6, 6.07) is 11.4.